The van der Waals surface area contributed by atoms with Gasteiger partial charge in [-0.2, -0.15) is 0 Å². The first-order valence-corrected chi connectivity index (χ1v) is 5.46. The van der Waals surface area contributed by atoms with E-state index >= 15 is 0 Å². The van der Waals surface area contributed by atoms with Gasteiger partial charge in [0.05, 0.1) is 0 Å². The van der Waals surface area contributed by atoms with Crippen molar-refractivity contribution in [2.45, 2.75) is 13.5 Å². The fraction of sp³-hybridized carbons (Fsp3) is 0.231. The van der Waals surface area contributed by atoms with Crippen LogP contribution in [0.4, 0.5) is 4.79 Å². The highest BCUT2D eigenvalue weighted by molar-refractivity contribution is 5.76. The molecule has 0 atom stereocenters. The lowest BCUT2D eigenvalue weighted by atomic mass is 10.1. The third-order valence-corrected chi connectivity index (χ3v) is 2.72. The van der Waals surface area contributed by atoms with Gasteiger partial charge in [-0.15, -0.1) is 0 Å². The molecule has 0 aliphatic rings. The Kier molecular flexibility index (Phi) is 3.23. The summed E-state index contributed by atoms with van der Waals surface area (Å²) in [4.78, 5) is 17.5. The van der Waals surface area contributed by atoms with Gasteiger partial charge in [-0.1, -0.05) is 24.3 Å². The summed E-state index contributed by atoms with van der Waals surface area (Å²) in [7, 11) is 1.79. The molecule has 88 valence electrons. The Bertz CT molecular complexity index is 505. The van der Waals surface area contributed by atoms with Gasteiger partial charge >= 0.3 is 6.03 Å². The molecule has 1 aromatic carbocycles. The second kappa shape index (κ2) is 4.82. The molecule has 0 N–H and O–H groups in total. The molecular formula is C13H15N3O. The molecule has 0 radical (unpaired) electrons. The second-order valence-corrected chi connectivity index (χ2v) is 4.04. The molecule has 1 aromatic heterocycles. The van der Waals surface area contributed by atoms with Crippen LogP contribution in [0, 0.1) is 6.92 Å². The zero-order valence-corrected chi connectivity index (χ0v) is 10.00. The minimum Gasteiger partial charge on any atom is -0.323 e. The van der Waals surface area contributed by atoms with E-state index in [4.69, 9.17) is 0 Å². The first-order chi connectivity index (χ1) is 8.18. The Balaban J connectivity index is 2.10. The summed E-state index contributed by atoms with van der Waals surface area (Å²) in [5.74, 6) is 0. The molecular weight excluding hydrogens is 214 g/mol. The number of imidazole rings is 1. The average molecular weight is 229 g/mol. The molecule has 4 heteroatoms. The van der Waals surface area contributed by atoms with Crippen LogP contribution in [0.3, 0.4) is 0 Å². The van der Waals surface area contributed by atoms with Crippen molar-refractivity contribution < 1.29 is 4.79 Å². The highest BCUT2D eigenvalue weighted by atomic mass is 16.2. The van der Waals surface area contributed by atoms with E-state index in [1.807, 2.05) is 31.2 Å². The Morgan fingerprint density at radius 3 is 2.82 bits per heavy atom. The predicted molar refractivity (Wildman–Crippen MR) is 65.7 cm³/mol. The van der Waals surface area contributed by atoms with Crippen LogP contribution >= 0.6 is 0 Å². The van der Waals surface area contributed by atoms with Crippen LogP contribution in [0.2, 0.25) is 0 Å². The maximum atomic E-state index is 12.0. The van der Waals surface area contributed by atoms with Crippen LogP contribution in [-0.4, -0.2) is 27.5 Å². The number of amides is 1. The molecule has 0 saturated carbocycles. The van der Waals surface area contributed by atoms with Crippen LogP contribution in [0.25, 0.3) is 0 Å². The minimum atomic E-state index is -0.0780. The van der Waals surface area contributed by atoms with Crippen LogP contribution < -0.4 is 0 Å². The largest absolute Gasteiger partial charge is 0.329 e. The predicted octanol–water partition coefficient (Wildman–Crippen LogP) is 2.29. The van der Waals surface area contributed by atoms with E-state index in [0.717, 1.165) is 5.56 Å². The van der Waals surface area contributed by atoms with E-state index in [9.17, 15) is 4.79 Å². The van der Waals surface area contributed by atoms with Crippen molar-refractivity contribution in [1.29, 1.82) is 0 Å². The van der Waals surface area contributed by atoms with Crippen LogP contribution in [-0.2, 0) is 6.54 Å². The molecule has 2 rings (SSSR count). The van der Waals surface area contributed by atoms with Crippen molar-refractivity contribution in [3.63, 3.8) is 0 Å². The zero-order chi connectivity index (χ0) is 12.3. The molecule has 17 heavy (non-hydrogen) atoms. The normalized spacial score (nSPS) is 10.2. The van der Waals surface area contributed by atoms with E-state index in [-0.39, 0.29) is 6.03 Å². The number of aryl methyl sites for hydroxylation is 1. The number of nitrogens with zero attached hydrogens (tertiary/aromatic N) is 3. The van der Waals surface area contributed by atoms with Crippen molar-refractivity contribution in [2.24, 2.45) is 0 Å². The van der Waals surface area contributed by atoms with E-state index < -0.39 is 0 Å². The number of hydrogen-bond acceptors (Lipinski definition) is 2. The van der Waals surface area contributed by atoms with Gasteiger partial charge in [0.1, 0.15) is 6.33 Å². The second-order valence-electron chi connectivity index (χ2n) is 4.04. The maximum absolute atomic E-state index is 12.0. The van der Waals surface area contributed by atoms with E-state index in [2.05, 4.69) is 4.98 Å². The smallest absolute Gasteiger partial charge is 0.323 e. The molecule has 2 aromatic rings. The quantitative estimate of drug-likeness (QED) is 0.792. The topological polar surface area (TPSA) is 38.1 Å². The van der Waals surface area contributed by atoms with Gasteiger partial charge in [0.2, 0.25) is 0 Å². The van der Waals surface area contributed by atoms with Crippen molar-refractivity contribution >= 4 is 6.03 Å². The van der Waals surface area contributed by atoms with Gasteiger partial charge in [0.25, 0.3) is 0 Å². The summed E-state index contributed by atoms with van der Waals surface area (Å²) in [6.07, 6.45) is 4.76. The van der Waals surface area contributed by atoms with Crippen molar-refractivity contribution in [3.05, 3.63) is 54.1 Å². The molecule has 0 saturated heterocycles. The Morgan fingerprint density at radius 2 is 2.18 bits per heavy atom. The van der Waals surface area contributed by atoms with Crippen LogP contribution in [0.15, 0.2) is 43.0 Å². The highest BCUT2D eigenvalue weighted by Crippen LogP contribution is 2.10. The summed E-state index contributed by atoms with van der Waals surface area (Å²) < 4.78 is 1.47. The highest BCUT2D eigenvalue weighted by Gasteiger charge is 2.11. The lowest BCUT2D eigenvalue weighted by Gasteiger charge is -2.18. The molecule has 0 aliphatic carbocycles. The SMILES string of the molecule is Cc1ccccc1CN(C)C(=O)n1ccnc1. The fourth-order valence-electron chi connectivity index (χ4n) is 1.68. The van der Waals surface area contributed by atoms with Crippen molar-refractivity contribution in [2.75, 3.05) is 7.05 Å². The molecule has 0 fully saturated rings. The molecule has 0 aliphatic heterocycles. The van der Waals surface area contributed by atoms with E-state index in [0.29, 0.717) is 6.54 Å². The van der Waals surface area contributed by atoms with Crippen molar-refractivity contribution in [3.8, 4) is 0 Å². The van der Waals surface area contributed by atoms with Crippen LogP contribution in [0.5, 0.6) is 0 Å². The fourth-order valence-corrected chi connectivity index (χ4v) is 1.68. The Labute approximate surface area is 101 Å². The van der Waals surface area contributed by atoms with Crippen molar-refractivity contribution in [1.82, 2.24) is 14.5 Å². The van der Waals surface area contributed by atoms with Gasteiger partial charge in [-0.25, -0.2) is 9.78 Å². The lowest BCUT2D eigenvalue weighted by Crippen LogP contribution is -2.30. The molecule has 4 nitrogen and oxygen atoms in total. The lowest BCUT2D eigenvalue weighted by molar-refractivity contribution is 0.208. The summed E-state index contributed by atoms with van der Waals surface area (Å²) in [6.45, 7) is 2.65. The molecule has 0 spiro atoms. The molecule has 1 amide bonds. The first-order valence-electron chi connectivity index (χ1n) is 5.46. The van der Waals surface area contributed by atoms with E-state index in [1.54, 1.807) is 24.3 Å². The third-order valence-electron chi connectivity index (χ3n) is 2.72. The van der Waals surface area contributed by atoms with Gasteiger partial charge < -0.3 is 4.90 Å². The van der Waals surface area contributed by atoms with Gasteiger partial charge in [-0.3, -0.25) is 4.57 Å². The Morgan fingerprint density at radius 1 is 1.41 bits per heavy atom. The zero-order valence-electron chi connectivity index (χ0n) is 10.00. The third kappa shape index (κ3) is 2.53. The Hall–Kier alpha value is -2.10. The monoisotopic (exact) mass is 229 g/mol. The molecule has 0 bridgehead atoms. The van der Waals surface area contributed by atoms with Gasteiger partial charge in [0.15, 0.2) is 0 Å². The van der Waals surface area contributed by atoms with Gasteiger partial charge in [-0.05, 0) is 18.1 Å². The number of hydrogen-bond donors (Lipinski definition) is 0. The average Bonchev–Trinajstić information content (AvgIpc) is 2.84. The van der Waals surface area contributed by atoms with Crippen LogP contribution in [0.1, 0.15) is 11.1 Å². The maximum Gasteiger partial charge on any atom is 0.329 e. The number of benzene rings is 1. The number of aromatic nitrogens is 2. The van der Waals surface area contributed by atoms with E-state index in [1.165, 1.54) is 16.5 Å². The summed E-state index contributed by atoms with van der Waals surface area (Å²) >= 11 is 0. The number of carbonyl (C=O) groups is 1. The summed E-state index contributed by atoms with van der Waals surface area (Å²) in [5, 5.41) is 0. The minimum absolute atomic E-state index is 0.0780. The number of carbonyl (C=O) groups excluding carboxylic acids is 1. The standard InChI is InChI=1S/C13H15N3O/c1-11-5-3-4-6-12(11)9-15(2)13(17)16-8-7-14-10-16/h3-8,10H,9H2,1-2H3. The summed E-state index contributed by atoms with van der Waals surface area (Å²) in [5.41, 5.74) is 2.35. The molecule has 0 unspecified atom stereocenters. The van der Waals surface area contributed by atoms with Gasteiger partial charge in [0, 0.05) is 26.0 Å². The molecule has 1 heterocycles. The number of rotatable bonds is 2. The first kappa shape index (κ1) is 11.4. The summed E-state index contributed by atoms with van der Waals surface area (Å²) in [6, 6.07) is 7.98.